The van der Waals surface area contributed by atoms with Crippen LogP contribution in [0, 0.1) is 0 Å². The summed E-state index contributed by atoms with van der Waals surface area (Å²) >= 11 is 0. The van der Waals surface area contributed by atoms with E-state index in [1.165, 1.54) is 19.3 Å². The van der Waals surface area contributed by atoms with Crippen molar-refractivity contribution in [3.63, 3.8) is 0 Å². The minimum Gasteiger partial charge on any atom is -0.462 e. The number of phosphoric ester groups is 1. The molecule has 15 nitrogen and oxygen atoms in total. The third-order valence-corrected chi connectivity index (χ3v) is 11.6. The van der Waals surface area contributed by atoms with Gasteiger partial charge in [-0.15, -0.1) is 0 Å². The first-order chi connectivity index (χ1) is 32.2. The van der Waals surface area contributed by atoms with Crippen molar-refractivity contribution in [2.75, 3.05) is 13.2 Å². The highest BCUT2D eigenvalue weighted by Gasteiger charge is 2.51. The number of ether oxygens (including phenoxy) is 2. The standard InChI is InChI=1S/C51H83O15P/c1-3-5-7-8-9-10-11-12-13-14-15-16-17-18-22-25-31-38-45(55)65-43(40-64-67(61,62)66-51-49(59)47(57)46(56)48(58)50(51)60)39-63-44(54)37-32-26-30-36-42(53)35-29-24-21-19-20-23-28-34-41(52)33-27-6-4-2/h6,9-10,12-13,20-21,23-24,27-30,34-36,41-43,46-53,56-60H,3-5,7-8,11,14-19,22,25-26,31-33,37-40H2,1-2H3,(H,61,62)/b10-9-,13-12-,23-20-,24-21-,27-6-,34-28+,35-29+,36-30-/t41-,42-,43-,46?,47-,48+,49-,50-,51?/m1/s1. The third-order valence-electron chi connectivity index (χ3n) is 10.6. The Labute approximate surface area is 399 Å². The number of unbranched alkanes of at least 4 members (excludes halogenated alkanes) is 11. The maximum atomic E-state index is 12.8. The maximum Gasteiger partial charge on any atom is 0.472 e. The number of carbonyl (C=O) groups is 2. The molecule has 1 aliphatic rings. The summed E-state index contributed by atoms with van der Waals surface area (Å²) in [7, 11) is -5.18. The second kappa shape index (κ2) is 39.5. The van der Waals surface area contributed by atoms with Gasteiger partial charge in [0.15, 0.2) is 6.10 Å². The lowest BCUT2D eigenvalue weighted by Gasteiger charge is -2.41. The quantitative estimate of drug-likeness (QED) is 0.00968. The zero-order valence-corrected chi connectivity index (χ0v) is 40.8. The molecule has 67 heavy (non-hydrogen) atoms. The molecule has 1 fully saturated rings. The van der Waals surface area contributed by atoms with E-state index in [1.807, 2.05) is 37.3 Å². The molecule has 0 aliphatic heterocycles. The van der Waals surface area contributed by atoms with Crippen LogP contribution in [0.15, 0.2) is 97.2 Å². The van der Waals surface area contributed by atoms with Crippen LogP contribution in [-0.4, -0.2) is 121 Å². The van der Waals surface area contributed by atoms with Crippen LogP contribution in [0.4, 0.5) is 0 Å². The highest BCUT2D eigenvalue weighted by Crippen LogP contribution is 2.47. The van der Waals surface area contributed by atoms with Crippen molar-refractivity contribution in [2.24, 2.45) is 0 Å². The van der Waals surface area contributed by atoms with E-state index in [0.29, 0.717) is 32.1 Å². The van der Waals surface area contributed by atoms with Crippen molar-refractivity contribution in [2.45, 2.75) is 197 Å². The van der Waals surface area contributed by atoms with E-state index in [2.05, 4.69) is 31.2 Å². The second-order valence-electron chi connectivity index (χ2n) is 16.6. The maximum absolute atomic E-state index is 12.8. The molecule has 0 bridgehead atoms. The number of esters is 2. The summed E-state index contributed by atoms with van der Waals surface area (Å²) in [6, 6.07) is 0. The Kier molecular flexibility index (Phi) is 36.4. The SMILES string of the molecule is CC/C=C\C[C@@H](O)/C=C/C=C\C/C=C\C=C\[C@@H](O)/C=C\CCCC(=O)OC[C@H](COP(=O)(O)OC1[C@H](O)[C@H](O)C(O)[C@H](O)[C@H]1O)OC(=O)CCCCCCCCC/C=C\C/C=C\CCCCC. The number of hydrogen-bond donors (Lipinski definition) is 8. The highest BCUT2D eigenvalue weighted by atomic mass is 31.2. The molecular formula is C51H83O15P. The summed E-state index contributed by atoms with van der Waals surface area (Å²) in [5.41, 5.74) is 0. The van der Waals surface area contributed by atoms with Gasteiger partial charge in [-0.25, -0.2) is 4.57 Å². The van der Waals surface area contributed by atoms with Crippen LogP contribution < -0.4 is 0 Å². The van der Waals surface area contributed by atoms with E-state index < -0.39 is 87.9 Å². The fourth-order valence-corrected chi connectivity index (χ4v) is 7.62. The Morgan fingerprint density at radius 3 is 1.76 bits per heavy atom. The van der Waals surface area contributed by atoms with Crippen molar-refractivity contribution in [1.82, 2.24) is 0 Å². The number of rotatable bonds is 38. The summed E-state index contributed by atoms with van der Waals surface area (Å²) in [6.45, 7) is 2.91. The monoisotopic (exact) mass is 967 g/mol. The molecule has 1 saturated carbocycles. The van der Waals surface area contributed by atoms with Crippen LogP contribution in [0.3, 0.4) is 0 Å². The van der Waals surface area contributed by atoms with Crippen LogP contribution in [0.25, 0.3) is 0 Å². The number of aliphatic hydroxyl groups excluding tert-OH is 7. The van der Waals surface area contributed by atoms with Crippen LogP contribution in [-0.2, 0) is 32.7 Å². The van der Waals surface area contributed by atoms with E-state index in [0.717, 1.165) is 64.2 Å². The predicted octanol–water partition coefficient (Wildman–Crippen LogP) is 7.77. The van der Waals surface area contributed by atoms with Crippen molar-refractivity contribution in [3.05, 3.63) is 97.2 Å². The summed E-state index contributed by atoms with van der Waals surface area (Å²) in [4.78, 5) is 35.8. The van der Waals surface area contributed by atoms with Gasteiger partial charge >= 0.3 is 19.8 Å². The molecule has 0 aromatic rings. The summed E-state index contributed by atoms with van der Waals surface area (Å²) < 4.78 is 33.4. The smallest absolute Gasteiger partial charge is 0.462 e. The molecule has 3 unspecified atom stereocenters. The minimum atomic E-state index is -5.18. The Hall–Kier alpha value is -3.31. The molecule has 382 valence electrons. The van der Waals surface area contributed by atoms with Gasteiger partial charge in [0, 0.05) is 12.8 Å². The molecule has 0 heterocycles. The highest BCUT2D eigenvalue weighted by molar-refractivity contribution is 7.47. The molecule has 8 N–H and O–H groups in total. The predicted molar refractivity (Wildman–Crippen MR) is 260 cm³/mol. The van der Waals surface area contributed by atoms with Crippen LogP contribution in [0.5, 0.6) is 0 Å². The van der Waals surface area contributed by atoms with Gasteiger partial charge in [0.05, 0.1) is 18.8 Å². The van der Waals surface area contributed by atoms with Crippen LogP contribution in [0.1, 0.15) is 142 Å². The first-order valence-corrected chi connectivity index (χ1v) is 25.8. The first-order valence-electron chi connectivity index (χ1n) is 24.3. The molecule has 16 heteroatoms. The van der Waals surface area contributed by atoms with Gasteiger partial charge in [-0.1, -0.05) is 156 Å². The number of aliphatic hydroxyl groups is 7. The van der Waals surface area contributed by atoms with Crippen molar-refractivity contribution >= 4 is 19.8 Å². The summed E-state index contributed by atoms with van der Waals surface area (Å²) in [6.07, 6.45) is 32.3. The Morgan fingerprint density at radius 1 is 0.567 bits per heavy atom. The van der Waals surface area contributed by atoms with Gasteiger partial charge in [0.1, 0.15) is 43.2 Å². The second-order valence-corrected chi connectivity index (χ2v) is 18.0. The topological polar surface area (TPSA) is 250 Å². The molecule has 0 aromatic heterocycles. The van der Waals surface area contributed by atoms with Gasteiger partial charge < -0.3 is 50.1 Å². The lowest BCUT2D eigenvalue weighted by atomic mass is 9.85. The number of carbonyl (C=O) groups excluding carboxylic acids is 2. The van der Waals surface area contributed by atoms with E-state index in [-0.39, 0.29) is 12.8 Å². The molecular weight excluding hydrogens is 884 g/mol. The molecule has 0 spiro atoms. The molecule has 0 aromatic carbocycles. The van der Waals surface area contributed by atoms with Gasteiger partial charge in [-0.05, 0) is 70.6 Å². The van der Waals surface area contributed by atoms with Crippen LogP contribution in [0.2, 0.25) is 0 Å². The molecule has 1 rings (SSSR count). The lowest BCUT2D eigenvalue weighted by molar-refractivity contribution is -0.220. The van der Waals surface area contributed by atoms with Gasteiger partial charge in [-0.3, -0.25) is 18.6 Å². The van der Waals surface area contributed by atoms with Gasteiger partial charge in [0.2, 0.25) is 0 Å². The number of hydrogen-bond acceptors (Lipinski definition) is 14. The van der Waals surface area contributed by atoms with Crippen molar-refractivity contribution < 1.29 is 73.3 Å². The van der Waals surface area contributed by atoms with E-state index in [1.54, 1.807) is 42.5 Å². The Morgan fingerprint density at radius 2 is 1.12 bits per heavy atom. The molecule has 0 amide bonds. The molecule has 0 radical (unpaired) electrons. The fourth-order valence-electron chi connectivity index (χ4n) is 6.64. The van der Waals surface area contributed by atoms with Gasteiger partial charge in [-0.2, -0.15) is 0 Å². The number of phosphoric acid groups is 1. The zero-order chi connectivity index (χ0) is 49.5. The van der Waals surface area contributed by atoms with Crippen LogP contribution >= 0.6 is 7.82 Å². The number of allylic oxidation sites excluding steroid dienone is 12. The minimum absolute atomic E-state index is 0.0266. The Bertz CT molecular complexity index is 1570. The normalized spacial score (nSPS) is 23.0. The van der Waals surface area contributed by atoms with Crippen molar-refractivity contribution in [1.29, 1.82) is 0 Å². The van der Waals surface area contributed by atoms with Crippen molar-refractivity contribution in [3.8, 4) is 0 Å². The third kappa shape index (κ3) is 32.2. The largest absolute Gasteiger partial charge is 0.472 e. The molecule has 1 aliphatic carbocycles. The fraction of sp³-hybridized carbons (Fsp3) is 0.647. The lowest BCUT2D eigenvalue weighted by Crippen LogP contribution is -2.64. The average molecular weight is 967 g/mol. The van der Waals surface area contributed by atoms with E-state index in [4.69, 9.17) is 18.5 Å². The van der Waals surface area contributed by atoms with E-state index in [9.17, 15) is 54.8 Å². The molecule has 0 saturated heterocycles. The molecule has 10 atom stereocenters. The average Bonchev–Trinajstić information content (AvgIpc) is 3.30. The Balaban J connectivity index is 2.56. The summed E-state index contributed by atoms with van der Waals surface area (Å²) in [5.74, 6) is -1.30. The zero-order valence-electron chi connectivity index (χ0n) is 39.9. The van der Waals surface area contributed by atoms with E-state index >= 15 is 0 Å². The summed E-state index contributed by atoms with van der Waals surface area (Å²) in [5, 5.41) is 70.3. The van der Waals surface area contributed by atoms with Gasteiger partial charge in [0.25, 0.3) is 0 Å². The first kappa shape index (κ1) is 61.7.